The zero-order chi connectivity index (χ0) is 15.2. The second kappa shape index (κ2) is 7.31. The fourth-order valence-electron chi connectivity index (χ4n) is 2.24. The molecule has 0 saturated carbocycles. The molecule has 21 heavy (non-hydrogen) atoms. The highest BCUT2D eigenvalue weighted by atomic mass is 16.7. The summed E-state index contributed by atoms with van der Waals surface area (Å²) < 4.78 is 15.7. The van der Waals surface area contributed by atoms with Crippen LogP contribution in [0.5, 0.6) is 11.5 Å². The van der Waals surface area contributed by atoms with E-state index in [4.69, 9.17) is 14.2 Å². The van der Waals surface area contributed by atoms with Crippen molar-refractivity contribution in [2.75, 3.05) is 13.4 Å². The monoisotopic (exact) mass is 293 g/mol. The van der Waals surface area contributed by atoms with E-state index in [0.717, 1.165) is 17.1 Å². The molecular weight excluding hydrogens is 270 g/mol. The van der Waals surface area contributed by atoms with E-state index in [1.807, 2.05) is 25.1 Å². The minimum Gasteiger partial charge on any atom is -0.466 e. The summed E-state index contributed by atoms with van der Waals surface area (Å²) in [6.07, 6.45) is 0.385. The first-order chi connectivity index (χ1) is 10.1. The molecular formula is C16H23NO4. The van der Waals surface area contributed by atoms with Gasteiger partial charge in [0, 0.05) is 12.6 Å². The van der Waals surface area contributed by atoms with E-state index in [9.17, 15) is 4.79 Å². The third-order valence-electron chi connectivity index (χ3n) is 3.50. The van der Waals surface area contributed by atoms with Gasteiger partial charge in [-0.2, -0.15) is 0 Å². The fourth-order valence-corrected chi connectivity index (χ4v) is 2.24. The summed E-state index contributed by atoms with van der Waals surface area (Å²) in [5, 5.41) is 3.42. The second-order valence-corrected chi connectivity index (χ2v) is 5.43. The average Bonchev–Trinajstić information content (AvgIpc) is 2.90. The first kappa shape index (κ1) is 15.6. The van der Waals surface area contributed by atoms with Crippen molar-refractivity contribution < 1.29 is 19.0 Å². The molecule has 0 bridgehead atoms. The van der Waals surface area contributed by atoms with E-state index in [2.05, 4.69) is 19.2 Å². The molecule has 1 aliphatic rings. The molecule has 0 aliphatic carbocycles. The lowest BCUT2D eigenvalue weighted by Gasteiger charge is -2.21. The van der Waals surface area contributed by atoms with Crippen LogP contribution in [0.4, 0.5) is 0 Å². The maximum absolute atomic E-state index is 11.6. The minimum absolute atomic E-state index is 0.0921. The number of rotatable bonds is 7. The van der Waals surface area contributed by atoms with Gasteiger partial charge in [0.2, 0.25) is 6.79 Å². The molecule has 116 valence electrons. The van der Waals surface area contributed by atoms with Crippen LogP contribution in [0.15, 0.2) is 18.2 Å². The number of fused-ring (bicyclic) bond motifs is 1. The van der Waals surface area contributed by atoms with Gasteiger partial charge in [0.15, 0.2) is 11.5 Å². The molecule has 1 N–H and O–H groups in total. The topological polar surface area (TPSA) is 56.8 Å². The first-order valence-electron chi connectivity index (χ1n) is 7.37. The Hall–Kier alpha value is -1.75. The molecule has 5 heteroatoms. The van der Waals surface area contributed by atoms with Crippen molar-refractivity contribution in [1.82, 2.24) is 5.32 Å². The summed E-state index contributed by atoms with van der Waals surface area (Å²) in [5.74, 6) is 1.75. The van der Waals surface area contributed by atoms with Gasteiger partial charge in [-0.05, 0) is 30.5 Å². The molecule has 1 aromatic rings. The van der Waals surface area contributed by atoms with Crippen LogP contribution in [0.1, 0.15) is 32.8 Å². The standard InChI is InChI=1S/C16H23NO4/c1-4-19-16(18)8-13(11(2)3)17-9-12-5-6-14-15(7-12)21-10-20-14/h5-7,11,13,17H,4,8-10H2,1-3H3. The van der Waals surface area contributed by atoms with Crippen molar-refractivity contribution in [2.24, 2.45) is 5.92 Å². The van der Waals surface area contributed by atoms with Gasteiger partial charge in [0.05, 0.1) is 13.0 Å². The lowest BCUT2D eigenvalue weighted by molar-refractivity contribution is -0.144. The zero-order valence-corrected chi connectivity index (χ0v) is 12.8. The number of hydrogen-bond donors (Lipinski definition) is 1. The Morgan fingerprint density at radius 3 is 2.81 bits per heavy atom. The Bertz CT molecular complexity index is 487. The summed E-state index contributed by atoms with van der Waals surface area (Å²) in [5.41, 5.74) is 1.11. The van der Waals surface area contributed by atoms with Crippen molar-refractivity contribution in [3.8, 4) is 11.5 Å². The highest BCUT2D eigenvalue weighted by molar-refractivity contribution is 5.70. The molecule has 0 spiro atoms. The predicted molar refractivity (Wildman–Crippen MR) is 79.3 cm³/mol. The molecule has 1 aromatic carbocycles. The third kappa shape index (κ3) is 4.36. The highest BCUT2D eigenvalue weighted by Gasteiger charge is 2.19. The highest BCUT2D eigenvalue weighted by Crippen LogP contribution is 2.32. The van der Waals surface area contributed by atoms with Crippen LogP contribution in [0.25, 0.3) is 0 Å². The van der Waals surface area contributed by atoms with Gasteiger partial charge in [-0.15, -0.1) is 0 Å². The largest absolute Gasteiger partial charge is 0.466 e. The molecule has 0 aromatic heterocycles. The molecule has 2 rings (SSSR count). The van der Waals surface area contributed by atoms with E-state index in [1.165, 1.54) is 0 Å². The lowest BCUT2D eigenvalue weighted by Crippen LogP contribution is -2.35. The Morgan fingerprint density at radius 2 is 2.10 bits per heavy atom. The Labute approximate surface area is 125 Å². The van der Waals surface area contributed by atoms with Crippen LogP contribution in [-0.2, 0) is 16.1 Å². The minimum atomic E-state index is -0.158. The van der Waals surface area contributed by atoms with E-state index >= 15 is 0 Å². The number of carbonyl (C=O) groups excluding carboxylic acids is 1. The molecule has 0 fully saturated rings. The number of carbonyl (C=O) groups is 1. The van der Waals surface area contributed by atoms with Crippen molar-refractivity contribution in [3.63, 3.8) is 0 Å². The van der Waals surface area contributed by atoms with Gasteiger partial charge in [-0.25, -0.2) is 0 Å². The smallest absolute Gasteiger partial charge is 0.307 e. The summed E-state index contributed by atoms with van der Waals surface area (Å²) in [6.45, 7) is 7.39. The average molecular weight is 293 g/mol. The summed E-state index contributed by atoms with van der Waals surface area (Å²) in [6, 6.07) is 5.98. The molecule has 5 nitrogen and oxygen atoms in total. The molecule has 1 aliphatic heterocycles. The van der Waals surface area contributed by atoms with Crippen LogP contribution >= 0.6 is 0 Å². The molecule has 1 unspecified atom stereocenters. The van der Waals surface area contributed by atoms with E-state index in [1.54, 1.807) is 0 Å². The van der Waals surface area contributed by atoms with Gasteiger partial charge in [-0.3, -0.25) is 4.79 Å². The first-order valence-corrected chi connectivity index (χ1v) is 7.37. The van der Waals surface area contributed by atoms with Gasteiger partial charge in [0.25, 0.3) is 0 Å². The molecule has 0 amide bonds. The lowest BCUT2D eigenvalue weighted by atomic mass is 10.0. The number of esters is 1. The van der Waals surface area contributed by atoms with E-state index in [-0.39, 0.29) is 18.8 Å². The fraction of sp³-hybridized carbons (Fsp3) is 0.562. The van der Waals surface area contributed by atoms with Crippen LogP contribution < -0.4 is 14.8 Å². The maximum Gasteiger partial charge on any atom is 0.307 e. The van der Waals surface area contributed by atoms with Gasteiger partial charge < -0.3 is 19.5 Å². The predicted octanol–water partition coefficient (Wildman–Crippen LogP) is 2.48. The van der Waals surface area contributed by atoms with Crippen LogP contribution in [0, 0.1) is 5.92 Å². The second-order valence-electron chi connectivity index (χ2n) is 5.43. The Balaban J connectivity index is 1.90. The normalized spacial score (nSPS) is 14.3. The van der Waals surface area contributed by atoms with Crippen molar-refractivity contribution in [1.29, 1.82) is 0 Å². The van der Waals surface area contributed by atoms with Gasteiger partial charge in [-0.1, -0.05) is 19.9 Å². The number of ether oxygens (including phenoxy) is 3. The molecule has 0 saturated heterocycles. The van der Waals surface area contributed by atoms with Crippen LogP contribution in [0.3, 0.4) is 0 Å². The van der Waals surface area contributed by atoms with Crippen molar-refractivity contribution in [3.05, 3.63) is 23.8 Å². The van der Waals surface area contributed by atoms with Crippen molar-refractivity contribution in [2.45, 2.75) is 39.8 Å². The summed E-state index contributed by atoms with van der Waals surface area (Å²) in [7, 11) is 0. The third-order valence-corrected chi connectivity index (χ3v) is 3.50. The van der Waals surface area contributed by atoms with Crippen molar-refractivity contribution >= 4 is 5.97 Å². The zero-order valence-electron chi connectivity index (χ0n) is 12.8. The van der Waals surface area contributed by atoms with Gasteiger partial charge >= 0.3 is 5.97 Å². The number of hydrogen-bond acceptors (Lipinski definition) is 5. The van der Waals surface area contributed by atoms with E-state index < -0.39 is 0 Å². The maximum atomic E-state index is 11.6. The SMILES string of the molecule is CCOC(=O)CC(NCc1ccc2c(c1)OCO2)C(C)C. The van der Waals surface area contributed by atoms with Crippen LogP contribution in [0.2, 0.25) is 0 Å². The Morgan fingerprint density at radius 1 is 1.33 bits per heavy atom. The summed E-state index contributed by atoms with van der Waals surface area (Å²) in [4.78, 5) is 11.6. The van der Waals surface area contributed by atoms with Gasteiger partial charge in [0.1, 0.15) is 0 Å². The van der Waals surface area contributed by atoms with Crippen LogP contribution in [-0.4, -0.2) is 25.4 Å². The molecule has 1 heterocycles. The van der Waals surface area contributed by atoms with E-state index in [0.29, 0.717) is 25.5 Å². The summed E-state index contributed by atoms with van der Waals surface area (Å²) >= 11 is 0. The Kier molecular flexibility index (Phi) is 5.44. The number of nitrogens with one attached hydrogen (secondary N) is 1. The number of benzene rings is 1. The quantitative estimate of drug-likeness (QED) is 0.783. The molecule has 1 atom stereocenters. The molecule has 0 radical (unpaired) electrons.